The maximum atomic E-state index is 11.5. The Kier molecular flexibility index (Phi) is 3.69. The van der Waals surface area contributed by atoms with E-state index in [0.29, 0.717) is 0 Å². The van der Waals surface area contributed by atoms with Gasteiger partial charge in [-0.3, -0.25) is 0 Å². The number of thiophene rings is 1. The highest BCUT2D eigenvalue weighted by Gasteiger charge is 2.19. The summed E-state index contributed by atoms with van der Waals surface area (Å²) >= 11 is 1.56. The highest BCUT2D eigenvalue weighted by molar-refractivity contribution is 7.90. The van der Waals surface area contributed by atoms with Crippen LogP contribution in [-0.2, 0) is 10.0 Å². The molecule has 5 heteroatoms. The van der Waals surface area contributed by atoms with Crippen molar-refractivity contribution in [3.63, 3.8) is 0 Å². The average Bonchev–Trinajstić information content (AvgIpc) is 2.54. The van der Waals surface area contributed by atoms with Crippen LogP contribution in [0.4, 0.5) is 0 Å². The molecule has 0 radical (unpaired) electrons. The molecule has 0 unspecified atom stereocenters. The Hall–Kier alpha value is -0.390. The van der Waals surface area contributed by atoms with Crippen LogP contribution < -0.4 is 4.72 Å². The highest BCUT2D eigenvalue weighted by Crippen LogP contribution is 2.19. The normalized spacial score (nSPS) is 14.6. The first-order chi connectivity index (χ1) is 6.43. The zero-order valence-corrected chi connectivity index (χ0v) is 10.2. The van der Waals surface area contributed by atoms with E-state index in [1.807, 2.05) is 24.4 Å². The monoisotopic (exact) mass is 233 g/mol. The van der Waals surface area contributed by atoms with Crippen LogP contribution in [-0.4, -0.2) is 13.7 Å². The van der Waals surface area contributed by atoms with Gasteiger partial charge in [-0.05, 0) is 32.2 Å². The molecule has 80 valence electrons. The van der Waals surface area contributed by atoms with Gasteiger partial charge in [-0.1, -0.05) is 6.07 Å². The van der Waals surface area contributed by atoms with Crippen molar-refractivity contribution in [3.05, 3.63) is 22.4 Å². The van der Waals surface area contributed by atoms with Gasteiger partial charge in [0, 0.05) is 4.88 Å². The summed E-state index contributed by atoms with van der Waals surface area (Å²) in [6.45, 7) is 5.19. The Morgan fingerprint density at radius 1 is 1.36 bits per heavy atom. The van der Waals surface area contributed by atoms with Crippen molar-refractivity contribution in [1.82, 2.24) is 4.72 Å². The molecule has 0 amide bonds. The topological polar surface area (TPSA) is 46.2 Å². The van der Waals surface area contributed by atoms with E-state index in [1.54, 1.807) is 25.2 Å². The first kappa shape index (κ1) is 11.7. The number of rotatable bonds is 4. The van der Waals surface area contributed by atoms with Crippen molar-refractivity contribution in [1.29, 1.82) is 0 Å². The second-order valence-electron chi connectivity index (χ2n) is 3.45. The fourth-order valence-corrected chi connectivity index (χ4v) is 2.68. The summed E-state index contributed by atoms with van der Waals surface area (Å²) < 4.78 is 25.7. The van der Waals surface area contributed by atoms with Crippen LogP contribution in [0.2, 0.25) is 0 Å². The van der Waals surface area contributed by atoms with Crippen molar-refractivity contribution in [2.45, 2.75) is 32.1 Å². The zero-order valence-electron chi connectivity index (χ0n) is 8.52. The molecule has 1 aromatic heterocycles. The summed E-state index contributed by atoms with van der Waals surface area (Å²) in [6.07, 6.45) is 0. The summed E-state index contributed by atoms with van der Waals surface area (Å²) in [4.78, 5) is 1.04. The Bertz CT molecular complexity index is 368. The van der Waals surface area contributed by atoms with E-state index < -0.39 is 10.0 Å². The third kappa shape index (κ3) is 2.80. The van der Waals surface area contributed by atoms with Crippen molar-refractivity contribution < 1.29 is 8.42 Å². The molecule has 0 aromatic carbocycles. The van der Waals surface area contributed by atoms with Crippen molar-refractivity contribution in [2.75, 3.05) is 0 Å². The molecule has 0 saturated heterocycles. The SMILES string of the molecule is CC(C)S(=O)(=O)N[C@@H](C)c1cccs1. The molecule has 0 saturated carbocycles. The molecule has 0 aliphatic carbocycles. The molecular weight excluding hydrogens is 218 g/mol. The smallest absolute Gasteiger partial charge is 0.212 e. The zero-order chi connectivity index (χ0) is 10.8. The van der Waals surface area contributed by atoms with Crippen LogP contribution in [0.25, 0.3) is 0 Å². The van der Waals surface area contributed by atoms with Gasteiger partial charge in [-0.15, -0.1) is 11.3 Å². The first-order valence-corrected chi connectivity index (χ1v) is 6.90. The Labute approximate surface area is 89.2 Å². The van der Waals surface area contributed by atoms with Gasteiger partial charge < -0.3 is 0 Å². The quantitative estimate of drug-likeness (QED) is 0.866. The van der Waals surface area contributed by atoms with Gasteiger partial charge in [0.2, 0.25) is 10.0 Å². The molecule has 0 aliphatic rings. The van der Waals surface area contributed by atoms with Crippen LogP contribution in [0.3, 0.4) is 0 Å². The van der Waals surface area contributed by atoms with E-state index in [-0.39, 0.29) is 11.3 Å². The van der Waals surface area contributed by atoms with Gasteiger partial charge >= 0.3 is 0 Å². The largest absolute Gasteiger partial charge is 0.214 e. The van der Waals surface area contributed by atoms with E-state index in [2.05, 4.69) is 4.72 Å². The minimum Gasteiger partial charge on any atom is -0.212 e. The number of hydrogen-bond donors (Lipinski definition) is 1. The van der Waals surface area contributed by atoms with Crippen molar-refractivity contribution >= 4 is 21.4 Å². The molecule has 14 heavy (non-hydrogen) atoms. The van der Waals surface area contributed by atoms with Gasteiger partial charge in [-0.2, -0.15) is 0 Å². The Morgan fingerprint density at radius 2 is 2.00 bits per heavy atom. The molecule has 3 nitrogen and oxygen atoms in total. The molecule has 1 rings (SSSR count). The number of sulfonamides is 1. The molecule has 0 spiro atoms. The van der Waals surface area contributed by atoms with E-state index in [0.717, 1.165) is 4.88 Å². The fourth-order valence-electron chi connectivity index (χ4n) is 0.978. The Morgan fingerprint density at radius 3 is 2.43 bits per heavy atom. The maximum Gasteiger partial charge on any atom is 0.214 e. The standard InChI is InChI=1S/C9H15NO2S2/c1-7(2)14(11,12)10-8(3)9-5-4-6-13-9/h4-8,10H,1-3H3/t8-/m0/s1. The lowest BCUT2D eigenvalue weighted by Crippen LogP contribution is -2.32. The first-order valence-electron chi connectivity index (χ1n) is 4.48. The van der Waals surface area contributed by atoms with Crippen LogP contribution >= 0.6 is 11.3 Å². The second-order valence-corrected chi connectivity index (χ2v) is 6.70. The van der Waals surface area contributed by atoms with E-state index in [1.165, 1.54) is 0 Å². The molecular formula is C9H15NO2S2. The summed E-state index contributed by atoms with van der Waals surface area (Å²) in [5.41, 5.74) is 0. The number of hydrogen-bond acceptors (Lipinski definition) is 3. The van der Waals surface area contributed by atoms with Crippen LogP contribution in [0.15, 0.2) is 17.5 Å². The van der Waals surface area contributed by atoms with Crippen LogP contribution in [0.5, 0.6) is 0 Å². The molecule has 1 heterocycles. The van der Waals surface area contributed by atoms with E-state index in [4.69, 9.17) is 0 Å². The van der Waals surface area contributed by atoms with E-state index >= 15 is 0 Å². The lowest BCUT2D eigenvalue weighted by atomic mass is 10.3. The van der Waals surface area contributed by atoms with Crippen LogP contribution in [0.1, 0.15) is 31.7 Å². The third-order valence-corrected chi connectivity index (χ3v) is 4.91. The van der Waals surface area contributed by atoms with E-state index in [9.17, 15) is 8.42 Å². The van der Waals surface area contributed by atoms with Crippen molar-refractivity contribution in [2.24, 2.45) is 0 Å². The predicted octanol–water partition coefficient (Wildman–Crippen LogP) is 2.14. The average molecular weight is 233 g/mol. The predicted molar refractivity (Wildman–Crippen MR) is 59.9 cm³/mol. The molecule has 0 bridgehead atoms. The summed E-state index contributed by atoms with van der Waals surface area (Å²) in [6, 6.07) is 3.71. The summed E-state index contributed by atoms with van der Waals surface area (Å²) in [5, 5.41) is 1.56. The van der Waals surface area contributed by atoms with Crippen molar-refractivity contribution in [3.8, 4) is 0 Å². The van der Waals surface area contributed by atoms with Gasteiger partial charge in [0.25, 0.3) is 0 Å². The molecule has 0 aliphatic heterocycles. The molecule has 1 atom stereocenters. The highest BCUT2D eigenvalue weighted by atomic mass is 32.2. The third-order valence-electron chi connectivity index (χ3n) is 1.93. The van der Waals surface area contributed by atoms with Crippen LogP contribution in [0, 0.1) is 0 Å². The van der Waals surface area contributed by atoms with Gasteiger partial charge in [0.15, 0.2) is 0 Å². The summed E-state index contributed by atoms with van der Waals surface area (Å²) in [5.74, 6) is 0. The molecule has 1 N–H and O–H groups in total. The fraction of sp³-hybridized carbons (Fsp3) is 0.556. The summed E-state index contributed by atoms with van der Waals surface area (Å²) in [7, 11) is -3.17. The minimum absolute atomic E-state index is 0.137. The Balaban J connectivity index is 2.71. The van der Waals surface area contributed by atoms with Gasteiger partial charge in [0.05, 0.1) is 11.3 Å². The maximum absolute atomic E-state index is 11.5. The lowest BCUT2D eigenvalue weighted by Gasteiger charge is -2.14. The lowest BCUT2D eigenvalue weighted by molar-refractivity contribution is 0.559. The minimum atomic E-state index is -3.17. The molecule has 1 aromatic rings. The van der Waals surface area contributed by atoms with Gasteiger partial charge in [0.1, 0.15) is 0 Å². The number of nitrogens with one attached hydrogen (secondary N) is 1. The molecule has 0 fully saturated rings. The van der Waals surface area contributed by atoms with Gasteiger partial charge in [-0.25, -0.2) is 13.1 Å². The second kappa shape index (κ2) is 4.42.